The smallest absolute Gasteiger partial charge is 0.143 e. The van der Waals surface area contributed by atoms with E-state index < -0.39 is 30.2 Å². The fourth-order valence-corrected chi connectivity index (χ4v) is 3.67. The van der Waals surface area contributed by atoms with Gasteiger partial charge in [0.25, 0.3) is 0 Å². The van der Waals surface area contributed by atoms with Gasteiger partial charge >= 0.3 is 0 Å². The molecular formula is C19H20FN3O4. The SMILES string of the molecule is Cc1ncnc2c1ccn2C1CC(Oc2ccc(F)cc2CO)[C@@H](O)[C@H]1O. The van der Waals surface area contributed by atoms with Gasteiger partial charge in [-0.2, -0.15) is 0 Å². The number of aryl methyl sites for hydroxylation is 1. The zero-order valence-electron chi connectivity index (χ0n) is 14.7. The molecule has 0 bridgehead atoms. The van der Waals surface area contributed by atoms with Gasteiger partial charge in [-0.05, 0) is 31.2 Å². The Morgan fingerprint density at radius 3 is 2.81 bits per heavy atom. The predicted molar refractivity (Wildman–Crippen MR) is 94.7 cm³/mol. The average molecular weight is 373 g/mol. The monoisotopic (exact) mass is 373 g/mol. The van der Waals surface area contributed by atoms with Crippen LogP contribution < -0.4 is 4.74 Å². The molecule has 142 valence electrons. The number of hydrogen-bond acceptors (Lipinski definition) is 6. The first kappa shape index (κ1) is 17.8. The minimum Gasteiger partial charge on any atom is -0.487 e. The van der Waals surface area contributed by atoms with Gasteiger partial charge in [-0.15, -0.1) is 0 Å². The first-order valence-corrected chi connectivity index (χ1v) is 8.70. The Hall–Kier alpha value is -2.55. The summed E-state index contributed by atoms with van der Waals surface area (Å²) in [6.45, 7) is 1.49. The van der Waals surface area contributed by atoms with Crippen LogP contribution in [0.2, 0.25) is 0 Å². The van der Waals surface area contributed by atoms with Gasteiger partial charge in [-0.3, -0.25) is 0 Å². The lowest BCUT2D eigenvalue weighted by Crippen LogP contribution is -2.34. The third-order valence-electron chi connectivity index (χ3n) is 5.14. The molecule has 1 aliphatic carbocycles. The van der Waals surface area contributed by atoms with E-state index in [-0.39, 0.29) is 17.9 Å². The molecule has 2 aromatic heterocycles. The summed E-state index contributed by atoms with van der Waals surface area (Å²) >= 11 is 0. The number of fused-ring (bicyclic) bond motifs is 1. The van der Waals surface area contributed by atoms with E-state index in [1.807, 2.05) is 23.8 Å². The molecule has 8 heteroatoms. The van der Waals surface area contributed by atoms with Gasteiger partial charge < -0.3 is 24.6 Å². The minimum atomic E-state index is -1.13. The zero-order valence-corrected chi connectivity index (χ0v) is 14.7. The fraction of sp³-hybridized carbons (Fsp3) is 0.368. The lowest BCUT2D eigenvalue weighted by Gasteiger charge is -2.20. The molecule has 0 spiro atoms. The normalized spacial score (nSPS) is 25.2. The molecule has 4 rings (SSSR count). The molecule has 1 fully saturated rings. The molecule has 0 saturated heterocycles. The summed E-state index contributed by atoms with van der Waals surface area (Å²) in [4.78, 5) is 8.46. The van der Waals surface area contributed by atoms with E-state index in [0.717, 1.165) is 11.1 Å². The number of halogens is 1. The Morgan fingerprint density at radius 2 is 2.04 bits per heavy atom. The number of ether oxygens (including phenoxy) is 1. The van der Waals surface area contributed by atoms with Crippen molar-refractivity contribution >= 4 is 11.0 Å². The van der Waals surface area contributed by atoms with Crippen molar-refractivity contribution in [2.45, 2.75) is 44.3 Å². The van der Waals surface area contributed by atoms with Crippen LogP contribution in [-0.4, -0.2) is 48.2 Å². The number of aliphatic hydroxyl groups excluding tert-OH is 3. The highest BCUT2D eigenvalue weighted by Crippen LogP contribution is 2.36. The van der Waals surface area contributed by atoms with Gasteiger partial charge in [0, 0.05) is 23.6 Å². The van der Waals surface area contributed by atoms with Crippen molar-refractivity contribution in [3.8, 4) is 5.75 Å². The van der Waals surface area contributed by atoms with E-state index in [1.165, 1.54) is 24.5 Å². The van der Waals surface area contributed by atoms with Crippen LogP contribution in [0, 0.1) is 12.7 Å². The van der Waals surface area contributed by atoms with Gasteiger partial charge in [-0.1, -0.05) is 0 Å². The topological polar surface area (TPSA) is 101 Å². The maximum atomic E-state index is 13.3. The Balaban J connectivity index is 1.62. The van der Waals surface area contributed by atoms with E-state index in [2.05, 4.69) is 9.97 Å². The molecule has 7 nitrogen and oxygen atoms in total. The number of aliphatic hydroxyl groups is 3. The van der Waals surface area contributed by atoms with Gasteiger partial charge in [0.2, 0.25) is 0 Å². The van der Waals surface area contributed by atoms with Crippen LogP contribution in [0.5, 0.6) is 5.75 Å². The van der Waals surface area contributed by atoms with Crippen LogP contribution in [-0.2, 0) is 6.61 Å². The Bertz CT molecular complexity index is 977. The van der Waals surface area contributed by atoms with Crippen LogP contribution in [0.25, 0.3) is 11.0 Å². The van der Waals surface area contributed by atoms with Crippen LogP contribution in [0.1, 0.15) is 23.7 Å². The predicted octanol–water partition coefficient (Wildman–Crippen LogP) is 1.49. The number of hydrogen-bond donors (Lipinski definition) is 3. The Kier molecular flexibility index (Phi) is 4.55. The maximum absolute atomic E-state index is 13.3. The van der Waals surface area contributed by atoms with Gasteiger partial charge in [0.1, 0.15) is 41.9 Å². The van der Waals surface area contributed by atoms with Crippen molar-refractivity contribution in [1.29, 1.82) is 0 Å². The zero-order chi connectivity index (χ0) is 19.1. The number of rotatable bonds is 4. The van der Waals surface area contributed by atoms with Crippen LogP contribution >= 0.6 is 0 Å². The molecule has 1 aromatic carbocycles. The number of nitrogens with zero attached hydrogens (tertiary/aromatic N) is 3. The van der Waals surface area contributed by atoms with Crippen molar-refractivity contribution < 1.29 is 24.4 Å². The molecule has 0 radical (unpaired) electrons. The van der Waals surface area contributed by atoms with Crippen molar-refractivity contribution in [2.24, 2.45) is 0 Å². The second-order valence-electron chi connectivity index (χ2n) is 6.77. The Morgan fingerprint density at radius 1 is 1.22 bits per heavy atom. The van der Waals surface area contributed by atoms with E-state index in [1.54, 1.807) is 0 Å². The second kappa shape index (κ2) is 6.88. The number of benzene rings is 1. The van der Waals surface area contributed by atoms with E-state index in [4.69, 9.17) is 4.74 Å². The molecule has 1 aliphatic rings. The molecule has 0 aliphatic heterocycles. The quantitative estimate of drug-likeness (QED) is 0.641. The first-order chi connectivity index (χ1) is 13.0. The largest absolute Gasteiger partial charge is 0.487 e. The molecule has 2 unspecified atom stereocenters. The lowest BCUT2D eigenvalue weighted by atomic mass is 10.2. The van der Waals surface area contributed by atoms with Crippen LogP contribution in [0.4, 0.5) is 4.39 Å². The summed E-state index contributed by atoms with van der Waals surface area (Å²) in [6, 6.07) is 5.26. The van der Waals surface area contributed by atoms with Crippen LogP contribution in [0.15, 0.2) is 36.8 Å². The van der Waals surface area contributed by atoms with E-state index >= 15 is 0 Å². The summed E-state index contributed by atoms with van der Waals surface area (Å²) in [6.07, 6.45) is 0.711. The van der Waals surface area contributed by atoms with Crippen molar-refractivity contribution in [3.63, 3.8) is 0 Å². The molecule has 2 heterocycles. The molecule has 3 aromatic rings. The highest BCUT2D eigenvalue weighted by molar-refractivity contribution is 5.78. The molecule has 1 saturated carbocycles. The third-order valence-corrected chi connectivity index (χ3v) is 5.14. The molecule has 4 atom stereocenters. The maximum Gasteiger partial charge on any atom is 0.143 e. The van der Waals surface area contributed by atoms with Crippen molar-refractivity contribution in [2.75, 3.05) is 0 Å². The Labute approximate surface area is 154 Å². The fourth-order valence-electron chi connectivity index (χ4n) is 3.67. The van der Waals surface area contributed by atoms with E-state index in [9.17, 15) is 19.7 Å². The summed E-state index contributed by atoms with van der Waals surface area (Å²) in [5.41, 5.74) is 1.80. The molecule has 3 N–H and O–H groups in total. The standard InChI is InChI=1S/C19H20FN3O4/c1-10-13-4-5-23(19(13)22-9-21-10)14-7-16(18(26)17(14)25)27-15-3-2-12(20)6-11(15)8-24/h2-6,9,14,16-18,24-26H,7-8H2,1H3/t14?,16?,17-,18+/m0/s1. The third kappa shape index (κ3) is 3.05. The summed E-state index contributed by atoms with van der Waals surface area (Å²) in [7, 11) is 0. The van der Waals surface area contributed by atoms with Crippen molar-refractivity contribution in [3.05, 3.63) is 53.9 Å². The van der Waals surface area contributed by atoms with Crippen molar-refractivity contribution in [1.82, 2.24) is 14.5 Å². The summed E-state index contributed by atoms with van der Waals surface area (Å²) in [5, 5.41) is 31.3. The van der Waals surface area contributed by atoms with Gasteiger partial charge in [0.15, 0.2) is 0 Å². The molecular weight excluding hydrogens is 353 g/mol. The summed E-state index contributed by atoms with van der Waals surface area (Å²) in [5.74, 6) is -0.198. The van der Waals surface area contributed by atoms with Gasteiger partial charge in [-0.25, -0.2) is 14.4 Å². The molecule has 27 heavy (non-hydrogen) atoms. The number of aromatic nitrogens is 3. The highest BCUT2D eigenvalue weighted by atomic mass is 19.1. The highest BCUT2D eigenvalue weighted by Gasteiger charge is 2.44. The minimum absolute atomic E-state index is 0.284. The molecule has 0 amide bonds. The van der Waals surface area contributed by atoms with Gasteiger partial charge in [0.05, 0.1) is 18.3 Å². The average Bonchev–Trinajstić information content (AvgIpc) is 3.20. The van der Waals surface area contributed by atoms with Crippen LogP contribution in [0.3, 0.4) is 0 Å². The first-order valence-electron chi connectivity index (χ1n) is 8.70. The lowest BCUT2D eigenvalue weighted by molar-refractivity contribution is -0.0168. The van der Waals surface area contributed by atoms with E-state index in [0.29, 0.717) is 12.1 Å². The summed E-state index contributed by atoms with van der Waals surface area (Å²) < 4.78 is 21.0. The second-order valence-corrected chi connectivity index (χ2v) is 6.77.